The number of hydrazine groups is 1. The smallest absolute Gasteiger partial charge is 0.279 e. The van der Waals surface area contributed by atoms with Crippen LogP contribution in [0.15, 0.2) is 84.9 Å². The minimum Gasteiger partial charge on any atom is -0.481 e. The third-order valence-electron chi connectivity index (χ3n) is 4.54. The highest BCUT2D eigenvalue weighted by Crippen LogP contribution is 2.24. The van der Waals surface area contributed by atoms with Crippen LogP contribution in [0.2, 0.25) is 0 Å². The van der Waals surface area contributed by atoms with Crippen LogP contribution in [-0.4, -0.2) is 17.9 Å². The molecule has 0 spiro atoms. The van der Waals surface area contributed by atoms with Crippen molar-refractivity contribution in [3.63, 3.8) is 0 Å². The number of aryl methyl sites for hydroxylation is 1. The first-order valence-corrected chi connectivity index (χ1v) is 9.47. The van der Waals surface area contributed by atoms with E-state index in [4.69, 9.17) is 4.74 Å². The SMILES string of the molecule is Cc1ccc(O[C@@H](C)C(=O)NNC(=O)C(c2ccccc2)c2ccccc2)cc1. The van der Waals surface area contributed by atoms with Gasteiger partial charge in [0, 0.05) is 0 Å². The summed E-state index contributed by atoms with van der Waals surface area (Å²) in [6.45, 7) is 3.61. The molecular formula is C24H24N2O3. The topological polar surface area (TPSA) is 67.4 Å². The molecule has 2 N–H and O–H groups in total. The summed E-state index contributed by atoms with van der Waals surface area (Å²) in [4.78, 5) is 25.3. The Morgan fingerprint density at radius 1 is 0.724 bits per heavy atom. The van der Waals surface area contributed by atoms with E-state index in [0.717, 1.165) is 16.7 Å². The Hall–Kier alpha value is -3.60. The molecule has 5 nitrogen and oxygen atoms in total. The van der Waals surface area contributed by atoms with Crippen LogP contribution >= 0.6 is 0 Å². The van der Waals surface area contributed by atoms with Crippen molar-refractivity contribution in [2.24, 2.45) is 0 Å². The van der Waals surface area contributed by atoms with Gasteiger partial charge >= 0.3 is 0 Å². The molecule has 0 fully saturated rings. The number of nitrogens with one attached hydrogen (secondary N) is 2. The molecule has 3 rings (SSSR count). The third-order valence-corrected chi connectivity index (χ3v) is 4.54. The molecule has 0 aliphatic heterocycles. The number of hydrogen-bond donors (Lipinski definition) is 2. The van der Waals surface area contributed by atoms with Gasteiger partial charge in [-0.15, -0.1) is 0 Å². The molecule has 0 aliphatic rings. The second-order valence-corrected chi connectivity index (χ2v) is 6.81. The molecule has 148 valence electrons. The Balaban J connectivity index is 1.65. The molecule has 2 amide bonds. The molecule has 0 unspecified atom stereocenters. The normalized spacial score (nSPS) is 11.6. The molecule has 0 saturated carbocycles. The van der Waals surface area contributed by atoms with E-state index in [9.17, 15) is 9.59 Å². The zero-order valence-corrected chi connectivity index (χ0v) is 16.5. The van der Waals surface area contributed by atoms with Crippen molar-refractivity contribution < 1.29 is 14.3 Å². The van der Waals surface area contributed by atoms with Crippen molar-refractivity contribution in [3.8, 4) is 5.75 Å². The molecular weight excluding hydrogens is 364 g/mol. The Bertz CT molecular complexity index is 901. The Labute approximate surface area is 170 Å². The maximum absolute atomic E-state index is 12.9. The monoisotopic (exact) mass is 388 g/mol. The molecule has 0 radical (unpaired) electrons. The molecule has 0 aromatic heterocycles. The number of carbonyl (C=O) groups excluding carboxylic acids is 2. The molecule has 29 heavy (non-hydrogen) atoms. The van der Waals surface area contributed by atoms with Gasteiger partial charge in [0.25, 0.3) is 5.91 Å². The van der Waals surface area contributed by atoms with Crippen LogP contribution in [-0.2, 0) is 9.59 Å². The summed E-state index contributed by atoms with van der Waals surface area (Å²) in [6, 6.07) is 26.3. The number of hydrogen-bond acceptors (Lipinski definition) is 3. The summed E-state index contributed by atoms with van der Waals surface area (Å²) in [6.07, 6.45) is -0.759. The van der Waals surface area contributed by atoms with Crippen LogP contribution in [0, 0.1) is 6.92 Å². The highest BCUT2D eigenvalue weighted by Gasteiger charge is 2.24. The fraction of sp³-hybridized carbons (Fsp3) is 0.167. The summed E-state index contributed by atoms with van der Waals surface area (Å²) >= 11 is 0. The number of rotatable bonds is 6. The van der Waals surface area contributed by atoms with E-state index in [1.165, 1.54) is 0 Å². The summed E-state index contributed by atoms with van der Waals surface area (Å²) in [7, 11) is 0. The van der Waals surface area contributed by atoms with Gasteiger partial charge in [-0.1, -0.05) is 78.4 Å². The fourth-order valence-corrected chi connectivity index (χ4v) is 2.96. The molecule has 3 aromatic carbocycles. The number of amides is 2. The van der Waals surface area contributed by atoms with Gasteiger partial charge in [0.1, 0.15) is 5.75 Å². The minimum absolute atomic E-state index is 0.321. The largest absolute Gasteiger partial charge is 0.481 e. The first-order chi connectivity index (χ1) is 14.0. The van der Waals surface area contributed by atoms with Gasteiger partial charge in [-0.25, -0.2) is 0 Å². The van der Waals surface area contributed by atoms with Gasteiger partial charge in [0.2, 0.25) is 5.91 Å². The number of benzene rings is 3. The summed E-state index contributed by atoms with van der Waals surface area (Å²) in [5, 5.41) is 0. The predicted octanol–water partition coefficient (Wildman–Crippen LogP) is 3.74. The fourth-order valence-electron chi connectivity index (χ4n) is 2.96. The van der Waals surface area contributed by atoms with Crippen LogP contribution in [0.3, 0.4) is 0 Å². The van der Waals surface area contributed by atoms with E-state index in [2.05, 4.69) is 10.9 Å². The molecule has 1 atom stereocenters. The van der Waals surface area contributed by atoms with E-state index >= 15 is 0 Å². The van der Waals surface area contributed by atoms with Crippen LogP contribution in [0.1, 0.15) is 29.5 Å². The van der Waals surface area contributed by atoms with Gasteiger partial charge in [-0.3, -0.25) is 20.4 Å². The van der Waals surface area contributed by atoms with Gasteiger partial charge in [0.15, 0.2) is 6.10 Å². The van der Waals surface area contributed by atoms with Crippen LogP contribution in [0.4, 0.5) is 0 Å². The molecule has 0 aliphatic carbocycles. The molecule has 0 saturated heterocycles. The average Bonchev–Trinajstić information content (AvgIpc) is 2.75. The first-order valence-electron chi connectivity index (χ1n) is 9.47. The van der Waals surface area contributed by atoms with E-state index in [0.29, 0.717) is 5.75 Å². The summed E-state index contributed by atoms with van der Waals surface area (Å²) in [5.41, 5.74) is 7.80. The van der Waals surface area contributed by atoms with Gasteiger partial charge in [-0.2, -0.15) is 0 Å². The van der Waals surface area contributed by atoms with Gasteiger partial charge in [-0.05, 0) is 37.1 Å². The van der Waals surface area contributed by atoms with Gasteiger partial charge in [0.05, 0.1) is 5.92 Å². The second-order valence-electron chi connectivity index (χ2n) is 6.81. The lowest BCUT2D eigenvalue weighted by Crippen LogP contribution is -2.48. The van der Waals surface area contributed by atoms with Crippen molar-refractivity contribution in [1.29, 1.82) is 0 Å². The summed E-state index contributed by atoms with van der Waals surface area (Å²) < 4.78 is 5.63. The highest BCUT2D eigenvalue weighted by molar-refractivity contribution is 5.90. The molecule has 3 aromatic rings. The number of carbonyl (C=O) groups is 2. The van der Waals surface area contributed by atoms with Crippen LogP contribution < -0.4 is 15.6 Å². The minimum atomic E-state index is -0.759. The quantitative estimate of drug-likeness (QED) is 0.632. The zero-order chi connectivity index (χ0) is 20.6. The van der Waals surface area contributed by atoms with Crippen molar-refractivity contribution in [2.45, 2.75) is 25.9 Å². The molecule has 0 bridgehead atoms. The van der Waals surface area contributed by atoms with E-state index in [1.807, 2.05) is 79.7 Å². The Morgan fingerprint density at radius 3 is 1.72 bits per heavy atom. The molecule has 0 heterocycles. The van der Waals surface area contributed by atoms with Crippen LogP contribution in [0.5, 0.6) is 5.75 Å². The average molecular weight is 388 g/mol. The highest BCUT2D eigenvalue weighted by atomic mass is 16.5. The lowest BCUT2D eigenvalue weighted by Gasteiger charge is -2.20. The number of ether oxygens (including phenoxy) is 1. The third kappa shape index (κ3) is 5.45. The van der Waals surface area contributed by atoms with Crippen molar-refractivity contribution in [2.75, 3.05) is 0 Å². The van der Waals surface area contributed by atoms with Crippen molar-refractivity contribution in [1.82, 2.24) is 10.9 Å². The molecule has 5 heteroatoms. The summed E-state index contributed by atoms with van der Waals surface area (Å²) in [5.74, 6) is -0.695. The van der Waals surface area contributed by atoms with E-state index in [1.54, 1.807) is 19.1 Å². The van der Waals surface area contributed by atoms with Gasteiger partial charge < -0.3 is 4.74 Å². The second kappa shape index (κ2) is 9.55. The Kier molecular flexibility index (Phi) is 6.63. The predicted molar refractivity (Wildman–Crippen MR) is 112 cm³/mol. The van der Waals surface area contributed by atoms with Crippen LogP contribution in [0.25, 0.3) is 0 Å². The maximum atomic E-state index is 12.9. The van der Waals surface area contributed by atoms with E-state index < -0.39 is 17.9 Å². The van der Waals surface area contributed by atoms with Crippen molar-refractivity contribution in [3.05, 3.63) is 102 Å². The van der Waals surface area contributed by atoms with E-state index in [-0.39, 0.29) is 5.91 Å². The lowest BCUT2D eigenvalue weighted by atomic mass is 9.91. The van der Waals surface area contributed by atoms with Crippen molar-refractivity contribution >= 4 is 11.8 Å². The standard InChI is InChI=1S/C24H24N2O3/c1-17-13-15-21(16-14-17)29-18(2)23(27)25-26-24(28)22(19-9-5-3-6-10-19)20-11-7-4-8-12-20/h3-16,18,22H,1-2H3,(H,25,27)(H,26,28)/t18-/m0/s1. The Morgan fingerprint density at radius 2 is 1.21 bits per heavy atom. The first kappa shape index (κ1) is 20.1. The maximum Gasteiger partial charge on any atom is 0.279 e. The lowest BCUT2D eigenvalue weighted by molar-refractivity contribution is -0.133. The zero-order valence-electron chi connectivity index (χ0n) is 16.5.